The van der Waals surface area contributed by atoms with Gasteiger partial charge in [-0.15, -0.1) is 0 Å². The molecule has 0 radical (unpaired) electrons. The largest absolute Gasteiger partial charge is 0.480 e. The lowest BCUT2D eigenvalue weighted by Crippen LogP contribution is -2.50. The van der Waals surface area contributed by atoms with E-state index < -0.39 is 35.2 Å². The number of aliphatic carboxylic acids is 1. The van der Waals surface area contributed by atoms with E-state index in [0.717, 1.165) is 5.56 Å². The zero-order valence-corrected chi connectivity index (χ0v) is 17.8. The van der Waals surface area contributed by atoms with E-state index in [9.17, 15) is 19.5 Å². The number of alkyl carbamates (subject to hydrolysis) is 2. The van der Waals surface area contributed by atoms with Crippen LogP contribution in [0.3, 0.4) is 0 Å². The molecule has 0 aromatic heterocycles. The topological polar surface area (TPSA) is 114 Å². The second-order valence-corrected chi connectivity index (χ2v) is 8.50. The molecular formula is C21H32N2O6. The standard InChI is InChI=1S/C21H32N2O6/c1-20(2,3)29-18(26)22-13-9-12-21(4,5)16(17(24)25)23-19(27)28-14-15-10-7-6-8-11-15/h6-8,10-11,16H,9,12-14H2,1-5H3,(H,22,26)(H,23,27)(H,24,25)/t16-/m0/s1. The third-order valence-electron chi connectivity index (χ3n) is 4.17. The number of nitrogens with one attached hydrogen (secondary N) is 2. The van der Waals surface area contributed by atoms with Crippen molar-refractivity contribution in [2.24, 2.45) is 5.41 Å². The van der Waals surface area contributed by atoms with Gasteiger partial charge in [0.25, 0.3) is 0 Å². The predicted octanol–water partition coefficient (Wildman–Crippen LogP) is 3.70. The van der Waals surface area contributed by atoms with E-state index in [0.29, 0.717) is 19.4 Å². The van der Waals surface area contributed by atoms with Crippen molar-refractivity contribution in [2.45, 2.75) is 65.7 Å². The molecule has 0 aliphatic carbocycles. The molecular weight excluding hydrogens is 376 g/mol. The molecule has 1 rings (SSSR count). The van der Waals surface area contributed by atoms with E-state index in [1.807, 2.05) is 30.3 Å². The maximum absolute atomic E-state index is 12.1. The van der Waals surface area contributed by atoms with Gasteiger partial charge in [0.15, 0.2) is 0 Å². The van der Waals surface area contributed by atoms with Crippen molar-refractivity contribution in [3.05, 3.63) is 35.9 Å². The predicted molar refractivity (Wildman–Crippen MR) is 108 cm³/mol. The fourth-order valence-electron chi connectivity index (χ4n) is 2.67. The molecule has 3 N–H and O–H groups in total. The van der Waals surface area contributed by atoms with E-state index in [-0.39, 0.29) is 6.61 Å². The van der Waals surface area contributed by atoms with Crippen molar-refractivity contribution < 1.29 is 29.0 Å². The molecule has 0 bridgehead atoms. The first-order valence-corrected chi connectivity index (χ1v) is 9.57. The molecule has 0 fully saturated rings. The van der Waals surface area contributed by atoms with Crippen LogP contribution in [-0.2, 0) is 20.9 Å². The van der Waals surface area contributed by atoms with Gasteiger partial charge in [0.2, 0.25) is 0 Å². The highest BCUT2D eigenvalue weighted by Gasteiger charge is 2.36. The van der Waals surface area contributed by atoms with E-state index in [1.165, 1.54) is 0 Å². The lowest BCUT2D eigenvalue weighted by molar-refractivity contribution is -0.142. The molecule has 0 aliphatic heterocycles. The zero-order chi connectivity index (χ0) is 22.1. The normalized spacial score (nSPS) is 12.6. The molecule has 1 atom stereocenters. The molecule has 8 nitrogen and oxygen atoms in total. The molecule has 0 saturated heterocycles. The van der Waals surface area contributed by atoms with E-state index in [4.69, 9.17) is 9.47 Å². The Kier molecular flexibility index (Phi) is 8.94. The van der Waals surface area contributed by atoms with Crippen LogP contribution in [-0.4, -0.2) is 41.4 Å². The number of amides is 2. The van der Waals surface area contributed by atoms with Crippen LogP contribution in [0, 0.1) is 5.41 Å². The maximum atomic E-state index is 12.1. The van der Waals surface area contributed by atoms with Crippen LogP contribution in [0.1, 0.15) is 53.0 Å². The average molecular weight is 408 g/mol. The lowest BCUT2D eigenvalue weighted by Gasteiger charge is -2.31. The summed E-state index contributed by atoms with van der Waals surface area (Å²) in [4.78, 5) is 35.4. The van der Waals surface area contributed by atoms with Gasteiger partial charge in [0, 0.05) is 6.54 Å². The van der Waals surface area contributed by atoms with Gasteiger partial charge < -0.3 is 25.2 Å². The van der Waals surface area contributed by atoms with Crippen LogP contribution in [0.4, 0.5) is 9.59 Å². The number of benzene rings is 1. The number of hydrogen-bond donors (Lipinski definition) is 3. The van der Waals surface area contributed by atoms with E-state index in [1.54, 1.807) is 34.6 Å². The number of carboxylic acids is 1. The van der Waals surface area contributed by atoms with Crippen molar-refractivity contribution in [2.75, 3.05) is 6.54 Å². The summed E-state index contributed by atoms with van der Waals surface area (Å²) in [7, 11) is 0. The average Bonchev–Trinajstić information content (AvgIpc) is 2.60. The van der Waals surface area contributed by atoms with Crippen LogP contribution in [0.5, 0.6) is 0 Å². The molecule has 29 heavy (non-hydrogen) atoms. The fraction of sp³-hybridized carbons (Fsp3) is 0.571. The Hall–Kier alpha value is -2.77. The Bertz CT molecular complexity index is 682. The van der Waals surface area contributed by atoms with Gasteiger partial charge in [-0.2, -0.15) is 0 Å². The number of ether oxygens (including phenoxy) is 2. The van der Waals surface area contributed by atoms with Gasteiger partial charge in [0.1, 0.15) is 18.2 Å². The molecule has 2 amide bonds. The summed E-state index contributed by atoms with van der Waals surface area (Å²) in [6.07, 6.45) is -0.330. The highest BCUT2D eigenvalue weighted by Crippen LogP contribution is 2.27. The minimum Gasteiger partial charge on any atom is -0.480 e. The molecule has 8 heteroatoms. The Balaban J connectivity index is 2.50. The minimum atomic E-state index is -1.15. The fourth-order valence-corrected chi connectivity index (χ4v) is 2.67. The van der Waals surface area contributed by atoms with Crippen LogP contribution in [0.2, 0.25) is 0 Å². The SMILES string of the molecule is CC(C)(C)OC(=O)NCCCC(C)(C)[C@@H](NC(=O)OCc1ccccc1)C(=O)O. The number of carbonyl (C=O) groups excluding carboxylic acids is 2. The molecule has 1 aromatic carbocycles. The number of rotatable bonds is 9. The zero-order valence-electron chi connectivity index (χ0n) is 17.8. The summed E-state index contributed by atoms with van der Waals surface area (Å²) in [6.45, 7) is 9.21. The molecule has 162 valence electrons. The molecule has 0 saturated carbocycles. The van der Waals surface area contributed by atoms with E-state index in [2.05, 4.69) is 10.6 Å². The minimum absolute atomic E-state index is 0.0548. The first kappa shape index (κ1) is 24.3. The molecule has 0 aliphatic rings. The number of carbonyl (C=O) groups is 3. The quantitative estimate of drug-likeness (QED) is 0.537. The van der Waals surface area contributed by atoms with Crippen molar-refractivity contribution in [1.82, 2.24) is 10.6 Å². The van der Waals surface area contributed by atoms with Crippen molar-refractivity contribution in [3.8, 4) is 0 Å². The maximum Gasteiger partial charge on any atom is 0.408 e. The highest BCUT2D eigenvalue weighted by atomic mass is 16.6. The summed E-state index contributed by atoms with van der Waals surface area (Å²) in [5, 5.41) is 14.6. The van der Waals surface area contributed by atoms with E-state index >= 15 is 0 Å². The number of hydrogen-bond acceptors (Lipinski definition) is 5. The van der Waals surface area contributed by atoms with Crippen molar-refractivity contribution in [1.29, 1.82) is 0 Å². The smallest absolute Gasteiger partial charge is 0.408 e. The van der Waals surface area contributed by atoms with Crippen LogP contribution in [0.15, 0.2) is 30.3 Å². The Morgan fingerprint density at radius 3 is 2.21 bits per heavy atom. The van der Waals surface area contributed by atoms with Crippen molar-refractivity contribution >= 4 is 18.2 Å². The Morgan fingerprint density at radius 2 is 1.66 bits per heavy atom. The third-order valence-corrected chi connectivity index (χ3v) is 4.17. The monoisotopic (exact) mass is 408 g/mol. The Morgan fingerprint density at radius 1 is 1.03 bits per heavy atom. The molecule has 0 heterocycles. The van der Waals surface area contributed by atoms with Gasteiger partial charge >= 0.3 is 18.2 Å². The molecule has 1 aromatic rings. The van der Waals surface area contributed by atoms with Gasteiger partial charge in [-0.25, -0.2) is 14.4 Å². The van der Waals surface area contributed by atoms with Gasteiger partial charge in [-0.1, -0.05) is 44.2 Å². The summed E-state index contributed by atoms with van der Waals surface area (Å²) in [5.74, 6) is -1.15. The summed E-state index contributed by atoms with van der Waals surface area (Å²) < 4.78 is 10.3. The van der Waals surface area contributed by atoms with Crippen molar-refractivity contribution in [3.63, 3.8) is 0 Å². The lowest BCUT2D eigenvalue weighted by atomic mass is 9.80. The summed E-state index contributed by atoms with van der Waals surface area (Å²) in [5.41, 5.74) is -0.531. The van der Waals surface area contributed by atoms with Gasteiger partial charge in [-0.05, 0) is 44.6 Å². The van der Waals surface area contributed by atoms with Gasteiger partial charge in [-0.3, -0.25) is 0 Å². The molecule has 0 unspecified atom stereocenters. The first-order valence-electron chi connectivity index (χ1n) is 9.57. The summed E-state index contributed by atoms with van der Waals surface area (Å²) in [6, 6.07) is 7.99. The third kappa shape index (κ3) is 9.82. The van der Waals surface area contributed by atoms with Crippen LogP contribution >= 0.6 is 0 Å². The highest BCUT2D eigenvalue weighted by molar-refractivity contribution is 5.80. The Labute approximate surface area is 172 Å². The summed E-state index contributed by atoms with van der Waals surface area (Å²) >= 11 is 0. The molecule has 0 spiro atoms. The first-order chi connectivity index (χ1) is 13.4. The number of carboxylic acid groups (broad SMARTS) is 1. The second kappa shape index (κ2) is 10.7. The van der Waals surface area contributed by atoms with Gasteiger partial charge in [0.05, 0.1) is 0 Å². The van der Waals surface area contributed by atoms with Crippen LogP contribution < -0.4 is 10.6 Å². The second-order valence-electron chi connectivity index (χ2n) is 8.50. The van der Waals surface area contributed by atoms with Crippen LogP contribution in [0.25, 0.3) is 0 Å².